The van der Waals surface area contributed by atoms with Crippen LogP contribution in [0.25, 0.3) is 0 Å². The molecule has 0 radical (unpaired) electrons. The van der Waals surface area contributed by atoms with Crippen molar-refractivity contribution in [3.8, 4) is 0 Å². The van der Waals surface area contributed by atoms with Crippen molar-refractivity contribution in [1.29, 1.82) is 0 Å². The number of aryl methyl sites for hydroxylation is 1. The average Bonchev–Trinajstić information content (AvgIpc) is 2.42. The highest BCUT2D eigenvalue weighted by atomic mass is 16.1. The summed E-state index contributed by atoms with van der Waals surface area (Å²) in [5.41, 5.74) is 9.63. The van der Waals surface area contributed by atoms with Crippen molar-refractivity contribution >= 4 is 11.6 Å². The number of carbonyl (C=O) groups is 1. The van der Waals surface area contributed by atoms with Gasteiger partial charge in [0.1, 0.15) is 0 Å². The number of anilines is 1. The lowest BCUT2D eigenvalue weighted by atomic mass is 10.1. The quantitative estimate of drug-likeness (QED) is 0.837. The third-order valence-electron chi connectivity index (χ3n) is 3.30. The van der Waals surface area contributed by atoms with Gasteiger partial charge in [-0.1, -0.05) is 42.0 Å². The van der Waals surface area contributed by atoms with Crippen molar-refractivity contribution < 1.29 is 4.79 Å². The molecule has 0 aromatic heterocycles. The standard InChI is InChI=1S/C17H20N2O/c1-12-3-7-15(8-4-12)13(2)19-17(20)11-14-5-9-16(18)10-6-14/h3-10,13H,11,18H2,1-2H3,(H,19,20)/t13-/m0/s1. The third kappa shape index (κ3) is 3.85. The monoisotopic (exact) mass is 268 g/mol. The van der Waals surface area contributed by atoms with E-state index in [0.29, 0.717) is 12.1 Å². The molecule has 1 amide bonds. The first kappa shape index (κ1) is 14.1. The Bertz CT molecular complexity index is 573. The van der Waals surface area contributed by atoms with Crippen molar-refractivity contribution in [2.24, 2.45) is 0 Å². The van der Waals surface area contributed by atoms with E-state index in [1.54, 1.807) is 0 Å². The molecule has 0 heterocycles. The number of hydrogen-bond donors (Lipinski definition) is 2. The molecule has 2 aromatic carbocycles. The van der Waals surface area contributed by atoms with E-state index < -0.39 is 0 Å². The smallest absolute Gasteiger partial charge is 0.224 e. The van der Waals surface area contributed by atoms with Gasteiger partial charge in [0, 0.05) is 5.69 Å². The Morgan fingerprint density at radius 2 is 1.70 bits per heavy atom. The molecule has 2 aromatic rings. The van der Waals surface area contributed by atoms with E-state index in [4.69, 9.17) is 5.73 Å². The Hall–Kier alpha value is -2.29. The Labute approximate surface area is 119 Å². The van der Waals surface area contributed by atoms with Crippen molar-refractivity contribution in [3.63, 3.8) is 0 Å². The van der Waals surface area contributed by atoms with E-state index in [-0.39, 0.29) is 11.9 Å². The van der Waals surface area contributed by atoms with Gasteiger partial charge < -0.3 is 11.1 Å². The molecule has 104 valence electrons. The molecule has 0 unspecified atom stereocenters. The van der Waals surface area contributed by atoms with E-state index in [1.807, 2.05) is 50.2 Å². The van der Waals surface area contributed by atoms with E-state index in [1.165, 1.54) is 5.56 Å². The lowest BCUT2D eigenvalue weighted by molar-refractivity contribution is -0.121. The van der Waals surface area contributed by atoms with Gasteiger partial charge in [0.25, 0.3) is 0 Å². The molecule has 1 atom stereocenters. The Balaban J connectivity index is 1.93. The van der Waals surface area contributed by atoms with Gasteiger partial charge in [-0.05, 0) is 37.1 Å². The average molecular weight is 268 g/mol. The number of carbonyl (C=O) groups excluding carboxylic acids is 1. The molecule has 2 rings (SSSR count). The Kier molecular flexibility index (Phi) is 4.41. The van der Waals surface area contributed by atoms with E-state index in [0.717, 1.165) is 11.1 Å². The molecule has 3 heteroatoms. The van der Waals surface area contributed by atoms with Crippen LogP contribution in [0.3, 0.4) is 0 Å². The summed E-state index contributed by atoms with van der Waals surface area (Å²) in [6, 6.07) is 15.6. The number of nitrogen functional groups attached to an aromatic ring is 1. The highest BCUT2D eigenvalue weighted by Crippen LogP contribution is 2.13. The summed E-state index contributed by atoms with van der Waals surface area (Å²) in [6.07, 6.45) is 0.372. The highest BCUT2D eigenvalue weighted by Gasteiger charge is 2.09. The predicted octanol–water partition coefficient (Wildman–Crippen LogP) is 3.00. The molecule has 3 N–H and O–H groups in total. The number of benzene rings is 2. The minimum Gasteiger partial charge on any atom is -0.399 e. The lowest BCUT2D eigenvalue weighted by Gasteiger charge is -2.14. The van der Waals surface area contributed by atoms with E-state index in [9.17, 15) is 4.79 Å². The lowest BCUT2D eigenvalue weighted by Crippen LogP contribution is -2.28. The van der Waals surface area contributed by atoms with Gasteiger partial charge in [0.05, 0.1) is 12.5 Å². The summed E-state index contributed by atoms with van der Waals surface area (Å²) >= 11 is 0. The fourth-order valence-corrected chi connectivity index (χ4v) is 2.05. The molecule has 0 fully saturated rings. The first-order valence-electron chi connectivity index (χ1n) is 6.75. The highest BCUT2D eigenvalue weighted by molar-refractivity contribution is 5.79. The molecule has 20 heavy (non-hydrogen) atoms. The Morgan fingerprint density at radius 1 is 1.10 bits per heavy atom. The zero-order valence-corrected chi connectivity index (χ0v) is 11.9. The van der Waals surface area contributed by atoms with Crippen LogP contribution in [0.1, 0.15) is 29.7 Å². The molecular formula is C17H20N2O. The predicted molar refractivity (Wildman–Crippen MR) is 82.3 cm³/mol. The van der Waals surface area contributed by atoms with Gasteiger partial charge in [-0.3, -0.25) is 4.79 Å². The second kappa shape index (κ2) is 6.24. The second-order valence-corrected chi connectivity index (χ2v) is 5.12. The fraction of sp³-hybridized carbons (Fsp3) is 0.235. The fourth-order valence-electron chi connectivity index (χ4n) is 2.05. The van der Waals surface area contributed by atoms with Crippen LogP contribution < -0.4 is 11.1 Å². The largest absolute Gasteiger partial charge is 0.399 e. The second-order valence-electron chi connectivity index (χ2n) is 5.12. The van der Waals surface area contributed by atoms with Crippen LogP contribution in [0.2, 0.25) is 0 Å². The number of nitrogens with one attached hydrogen (secondary N) is 1. The van der Waals surface area contributed by atoms with Gasteiger partial charge in [0.2, 0.25) is 5.91 Å². The summed E-state index contributed by atoms with van der Waals surface area (Å²) in [7, 11) is 0. The van der Waals surface area contributed by atoms with E-state index >= 15 is 0 Å². The minimum absolute atomic E-state index is 0.0110. The molecule has 0 aliphatic carbocycles. The summed E-state index contributed by atoms with van der Waals surface area (Å²) in [4.78, 5) is 12.0. The molecule has 0 saturated carbocycles. The molecule has 3 nitrogen and oxygen atoms in total. The molecule has 0 aliphatic rings. The van der Waals surface area contributed by atoms with Gasteiger partial charge in [0.15, 0.2) is 0 Å². The van der Waals surface area contributed by atoms with Crippen molar-refractivity contribution in [2.45, 2.75) is 26.3 Å². The normalized spacial score (nSPS) is 11.9. The number of hydrogen-bond acceptors (Lipinski definition) is 2. The number of amides is 1. The first-order chi connectivity index (χ1) is 9.54. The summed E-state index contributed by atoms with van der Waals surface area (Å²) in [6.45, 7) is 4.04. The summed E-state index contributed by atoms with van der Waals surface area (Å²) < 4.78 is 0. The first-order valence-corrected chi connectivity index (χ1v) is 6.75. The molecule has 0 spiro atoms. The van der Waals surface area contributed by atoms with Crippen LogP contribution in [0.4, 0.5) is 5.69 Å². The Morgan fingerprint density at radius 3 is 2.30 bits per heavy atom. The van der Waals surface area contributed by atoms with Crippen LogP contribution in [0, 0.1) is 6.92 Å². The van der Waals surface area contributed by atoms with Gasteiger partial charge in [-0.15, -0.1) is 0 Å². The van der Waals surface area contributed by atoms with Crippen LogP contribution in [0.5, 0.6) is 0 Å². The molecule has 0 bridgehead atoms. The number of rotatable bonds is 4. The maximum atomic E-state index is 12.0. The van der Waals surface area contributed by atoms with Gasteiger partial charge in [-0.2, -0.15) is 0 Å². The van der Waals surface area contributed by atoms with Gasteiger partial charge in [-0.25, -0.2) is 0 Å². The third-order valence-corrected chi connectivity index (χ3v) is 3.30. The van der Waals surface area contributed by atoms with Crippen LogP contribution >= 0.6 is 0 Å². The molecule has 0 aliphatic heterocycles. The van der Waals surface area contributed by atoms with Crippen LogP contribution in [-0.2, 0) is 11.2 Å². The van der Waals surface area contributed by atoms with E-state index in [2.05, 4.69) is 17.4 Å². The topological polar surface area (TPSA) is 55.1 Å². The number of nitrogens with two attached hydrogens (primary N) is 1. The molecule has 0 saturated heterocycles. The van der Waals surface area contributed by atoms with Crippen molar-refractivity contribution in [3.05, 3.63) is 65.2 Å². The SMILES string of the molecule is Cc1ccc([C@H](C)NC(=O)Cc2ccc(N)cc2)cc1. The summed E-state index contributed by atoms with van der Waals surface area (Å²) in [5, 5.41) is 3.01. The van der Waals surface area contributed by atoms with Crippen molar-refractivity contribution in [1.82, 2.24) is 5.32 Å². The van der Waals surface area contributed by atoms with Crippen molar-refractivity contribution in [2.75, 3.05) is 5.73 Å². The minimum atomic E-state index is 0.0110. The zero-order valence-electron chi connectivity index (χ0n) is 11.9. The molecular weight excluding hydrogens is 248 g/mol. The van der Waals surface area contributed by atoms with Crippen LogP contribution in [-0.4, -0.2) is 5.91 Å². The van der Waals surface area contributed by atoms with Gasteiger partial charge >= 0.3 is 0 Å². The maximum Gasteiger partial charge on any atom is 0.224 e. The zero-order chi connectivity index (χ0) is 14.5. The summed E-state index contributed by atoms with van der Waals surface area (Å²) in [5.74, 6) is 0.0165. The van der Waals surface area contributed by atoms with Crippen LogP contribution in [0.15, 0.2) is 48.5 Å². The maximum absolute atomic E-state index is 12.0.